The molecule has 0 amide bonds. The topological polar surface area (TPSA) is 92.6 Å². The predicted octanol–water partition coefficient (Wildman–Crippen LogP) is 6.40. The molecule has 0 unspecified atom stereocenters. The summed E-state index contributed by atoms with van der Waals surface area (Å²) in [4.78, 5) is 10.5. The number of nitrogens with zero attached hydrogens (tertiary/aromatic N) is 2. The van der Waals surface area contributed by atoms with Crippen LogP contribution in [0, 0.1) is 13.8 Å². The van der Waals surface area contributed by atoms with Crippen LogP contribution in [0.15, 0.2) is 73.1 Å². The van der Waals surface area contributed by atoms with Crippen molar-refractivity contribution in [3.63, 3.8) is 0 Å². The molecule has 6 aromatic rings. The van der Waals surface area contributed by atoms with Crippen LogP contribution in [-0.4, -0.2) is 32.8 Å². The lowest BCUT2D eigenvalue weighted by Crippen LogP contribution is -2.30. The molecule has 0 aliphatic heterocycles. The van der Waals surface area contributed by atoms with Gasteiger partial charge in [0.15, 0.2) is 0 Å². The summed E-state index contributed by atoms with van der Waals surface area (Å²) in [5.74, 6) is 0.709. The molecule has 0 fully saturated rings. The fourth-order valence-electron chi connectivity index (χ4n) is 4.66. The maximum absolute atomic E-state index is 6.48. The van der Waals surface area contributed by atoms with Crippen LogP contribution in [0.3, 0.4) is 0 Å². The molecule has 0 aliphatic carbocycles. The van der Waals surface area contributed by atoms with Gasteiger partial charge in [-0.05, 0) is 67.8 Å². The Morgan fingerprint density at radius 3 is 2.75 bits per heavy atom. The van der Waals surface area contributed by atoms with Crippen LogP contribution >= 0.6 is 11.3 Å². The summed E-state index contributed by atoms with van der Waals surface area (Å²) in [6.07, 6.45) is 4.57. The number of hydrogen-bond acceptors (Lipinski definition) is 5. The largest absolute Gasteiger partial charge is 0.490 e. The molecule has 36 heavy (non-hydrogen) atoms. The number of aryl methyl sites for hydroxylation is 2. The number of nitrogens with one attached hydrogen (secondary N) is 2. The Morgan fingerprint density at radius 2 is 1.89 bits per heavy atom. The zero-order valence-electron chi connectivity index (χ0n) is 20.2. The molecule has 6 rings (SSSR count). The normalized spacial score (nSPS) is 12.4. The number of H-pyrrole nitrogens is 2. The second-order valence-electron chi connectivity index (χ2n) is 9.18. The lowest BCUT2D eigenvalue weighted by Gasteiger charge is -2.15. The van der Waals surface area contributed by atoms with Crippen LogP contribution in [0.5, 0.6) is 5.75 Å². The van der Waals surface area contributed by atoms with Gasteiger partial charge >= 0.3 is 0 Å². The molecule has 1 atom stereocenters. The van der Waals surface area contributed by atoms with Crippen LogP contribution in [0.1, 0.15) is 16.1 Å². The van der Waals surface area contributed by atoms with E-state index in [1.807, 2.05) is 25.3 Å². The Bertz CT molecular complexity index is 1680. The average molecular weight is 494 g/mol. The Kier molecular flexibility index (Phi) is 5.79. The van der Waals surface area contributed by atoms with Crippen molar-refractivity contribution in [3.05, 3.63) is 89.2 Å². The zero-order valence-corrected chi connectivity index (χ0v) is 21.0. The van der Waals surface area contributed by atoms with E-state index in [9.17, 15) is 0 Å². The van der Waals surface area contributed by atoms with Crippen molar-refractivity contribution in [2.45, 2.75) is 26.3 Å². The second kappa shape index (κ2) is 9.26. The van der Waals surface area contributed by atoms with E-state index >= 15 is 0 Å². The van der Waals surface area contributed by atoms with Crippen molar-refractivity contribution < 1.29 is 4.74 Å². The Morgan fingerprint density at radius 1 is 1.00 bits per heavy atom. The Hall–Kier alpha value is -3.94. The third-order valence-corrected chi connectivity index (χ3v) is 7.53. The van der Waals surface area contributed by atoms with Crippen LogP contribution in [0.4, 0.5) is 0 Å². The number of aromatic amines is 2. The molecular formula is C29H27N5OS. The number of benzene rings is 2. The van der Waals surface area contributed by atoms with Gasteiger partial charge < -0.3 is 15.5 Å². The number of hydrogen-bond donors (Lipinski definition) is 3. The van der Waals surface area contributed by atoms with Crippen molar-refractivity contribution >= 4 is 33.1 Å². The molecular weight excluding hydrogens is 466 g/mol. The number of fused-ring (bicyclic) bond motifs is 2. The second-order valence-corrected chi connectivity index (χ2v) is 10.5. The van der Waals surface area contributed by atoms with Gasteiger partial charge in [-0.25, -0.2) is 0 Å². The van der Waals surface area contributed by atoms with Crippen LogP contribution in [0.25, 0.3) is 43.5 Å². The average Bonchev–Trinajstić information content (AvgIpc) is 3.61. The maximum atomic E-state index is 6.48. The highest BCUT2D eigenvalue weighted by Gasteiger charge is 2.15. The summed E-state index contributed by atoms with van der Waals surface area (Å²) in [6.45, 7) is 4.53. The molecule has 4 N–H and O–H groups in total. The van der Waals surface area contributed by atoms with E-state index in [1.54, 1.807) is 17.5 Å². The summed E-state index contributed by atoms with van der Waals surface area (Å²) in [7, 11) is 0. The minimum atomic E-state index is -0.141. The molecule has 0 aliphatic rings. The molecule has 0 bridgehead atoms. The summed E-state index contributed by atoms with van der Waals surface area (Å²) < 4.78 is 6.17. The highest BCUT2D eigenvalue weighted by molar-refractivity contribution is 7.15. The smallest absolute Gasteiger partial charge is 0.138 e. The SMILES string of the molecule is Cc1ccc(-c2ncc(OC[C@@H](N)Cc3c[nH]c4ccccc34)cc2-c2ccc3[nH]nc(C)c3c2)s1. The Labute approximate surface area is 213 Å². The highest BCUT2D eigenvalue weighted by atomic mass is 32.1. The number of aromatic nitrogens is 4. The van der Waals surface area contributed by atoms with Crippen LogP contribution < -0.4 is 10.5 Å². The zero-order chi connectivity index (χ0) is 24.6. The number of para-hydroxylation sites is 1. The van der Waals surface area contributed by atoms with Gasteiger partial charge in [-0.2, -0.15) is 5.10 Å². The lowest BCUT2D eigenvalue weighted by molar-refractivity contribution is 0.287. The Balaban J connectivity index is 1.28. The van der Waals surface area contributed by atoms with E-state index in [1.165, 1.54) is 15.8 Å². The monoisotopic (exact) mass is 493 g/mol. The molecule has 0 saturated carbocycles. The van der Waals surface area contributed by atoms with E-state index in [2.05, 4.69) is 70.6 Å². The number of rotatable bonds is 7. The molecule has 4 aromatic heterocycles. The van der Waals surface area contributed by atoms with Gasteiger partial charge in [0.25, 0.3) is 0 Å². The third-order valence-electron chi connectivity index (χ3n) is 6.52. The summed E-state index contributed by atoms with van der Waals surface area (Å²) in [5.41, 5.74) is 13.9. The van der Waals surface area contributed by atoms with Gasteiger partial charge in [0.05, 0.1) is 28.0 Å². The van der Waals surface area contributed by atoms with Crippen molar-refractivity contribution in [2.24, 2.45) is 5.73 Å². The molecule has 6 nitrogen and oxygen atoms in total. The fourth-order valence-corrected chi connectivity index (χ4v) is 5.54. The van der Waals surface area contributed by atoms with E-state index < -0.39 is 0 Å². The molecule has 4 heterocycles. The van der Waals surface area contributed by atoms with Crippen molar-refractivity contribution in [1.29, 1.82) is 0 Å². The minimum absolute atomic E-state index is 0.141. The van der Waals surface area contributed by atoms with Gasteiger partial charge in [0, 0.05) is 39.0 Å². The molecule has 7 heteroatoms. The van der Waals surface area contributed by atoms with Gasteiger partial charge in [0.2, 0.25) is 0 Å². The molecule has 0 radical (unpaired) electrons. The first-order valence-electron chi connectivity index (χ1n) is 12.0. The van der Waals surface area contributed by atoms with E-state index in [-0.39, 0.29) is 6.04 Å². The first-order valence-corrected chi connectivity index (χ1v) is 12.8. The molecule has 180 valence electrons. The van der Waals surface area contributed by atoms with Gasteiger partial charge in [0.1, 0.15) is 12.4 Å². The van der Waals surface area contributed by atoms with Crippen molar-refractivity contribution in [2.75, 3.05) is 6.61 Å². The third kappa shape index (κ3) is 4.27. The summed E-state index contributed by atoms with van der Waals surface area (Å²) >= 11 is 1.74. The number of ether oxygens (including phenoxy) is 1. The summed E-state index contributed by atoms with van der Waals surface area (Å²) in [5, 5.41) is 9.75. The van der Waals surface area contributed by atoms with Gasteiger partial charge in [-0.3, -0.25) is 10.1 Å². The standard InChI is InChI=1S/C29H27N5OS/c1-17-7-10-28(36-17)29-25(19-8-9-27-24(12-19)18(2)33-34-27)13-22(15-32-29)35-16-21(30)11-20-14-31-26-6-4-3-5-23(20)26/h3-10,12-15,21,31H,11,16,30H2,1-2H3,(H,33,34)/t21-/m0/s1. The quantitative estimate of drug-likeness (QED) is 0.240. The highest BCUT2D eigenvalue weighted by Crippen LogP contribution is 2.37. The van der Waals surface area contributed by atoms with Gasteiger partial charge in [-0.1, -0.05) is 24.3 Å². The first kappa shape index (κ1) is 22.5. The number of thiophene rings is 1. The predicted molar refractivity (Wildman–Crippen MR) is 148 cm³/mol. The number of pyridine rings is 1. The molecule has 0 saturated heterocycles. The van der Waals surface area contributed by atoms with Crippen LogP contribution in [-0.2, 0) is 6.42 Å². The maximum Gasteiger partial charge on any atom is 0.138 e. The van der Waals surface area contributed by atoms with Crippen molar-refractivity contribution in [3.8, 4) is 27.4 Å². The van der Waals surface area contributed by atoms with E-state index in [0.29, 0.717) is 12.4 Å². The first-order chi connectivity index (χ1) is 17.5. The summed E-state index contributed by atoms with van der Waals surface area (Å²) in [6, 6.07) is 20.8. The number of nitrogens with two attached hydrogens (primary N) is 1. The van der Waals surface area contributed by atoms with Gasteiger partial charge in [-0.15, -0.1) is 11.3 Å². The van der Waals surface area contributed by atoms with Crippen LogP contribution in [0.2, 0.25) is 0 Å². The van der Waals surface area contributed by atoms with E-state index in [0.717, 1.165) is 50.2 Å². The molecule has 2 aromatic carbocycles. The fraction of sp³-hybridized carbons (Fsp3) is 0.172. The van der Waals surface area contributed by atoms with E-state index in [4.69, 9.17) is 15.5 Å². The molecule has 0 spiro atoms. The van der Waals surface area contributed by atoms with Crippen molar-refractivity contribution in [1.82, 2.24) is 20.2 Å². The minimum Gasteiger partial charge on any atom is -0.490 e. The lowest BCUT2D eigenvalue weighted by atomic mass is 10.0.